The highest BCUT2D eigenvalue weighted by Gasteiger charge is 2.07. The normalized spacial score (nSPS) is 10.9. The minimum atomic E-state index is 0.721. The van der Waals surface area contributed by atoms with Gasteiger partial charge in [-0.3, -0.25) is 0 Å². The van der Waals surface area contributed by atoms with E-state index in [4.69, 9.17) is 11.6 Å². The van der Waals surface area contributed by atoms with Crippen molar-refractivity contribution in [3.63, 3.8) is 0 Å². The summed E-state index contributed by atoms with van der Waals surface area (Å²) in [5.41, 5.74) is 0.961. The summed E-state index contributed by atoms with van der Waals surface area (Å²) in [5.74, 6) is 0. The highest BCUT2D eigenvalue weighted by Crippen LogP contribution is 2.36. The maximum absolute atomic E-state index is 5.91. The van der Waals surface area contributed by atoms with Crippen molar-refractivity contribution in [2.75, 3.05) is 0 Å². The number of halogens is 3. The Balaban J connectivity index is 2.89. The van der Waals surface area contributed by atoms with Crippen LogP contribution in [0.1, 0.15) is 0 Å². The second-order valence-electron chi connectivity index (χ2n) is 2.18. The first-order chi connectivity index (χ1) is 5.68. The van der Waals surface area contributed by atoms with Crippen molar-refractivity contribution < 1.29 is 0 Å². The van der Waals surface area contributed by atoms with E-state index in [0.717, 1.165) is 23.6 Å². The van der Waals surface area contributed by atoms with Crippen molar-refractivity contribution in [3.05, 3.63) is 25.5 Å². The predicted molar refractivity (Wildman–Crippen MR) is 60.0 cm³/mol. The van der Waals surface area contributed by atoms with E-state index in [0.29, 0.717) is 0 Å². The maximum Gasteiger partial charge on any atom is 0.160 e. The van der Waals surface area contributed by atoms with Gasteiger partial charge in [0.05, 0.1) is 19.7 Å². The monoisotopic (exact) mass is 325 g/mol. The SMILES string of the molecule is Clc1ccc2nc(Br)sc2c1Br. The van der Waals surface area contributed by atoms with Crippen LogP contribution in [0.25, 0.3) is 10.2 Å². The van der Waals surface area contributed by atoms with Crippen LogP contribution in [0.5, 0.6) is 0 Å². The molecule has 0 N–H and O–H groups in total. The lowest BCUT2D eigenvalue weighted by Gasteiger charge is -1.93. The van der Waals surface area contributed by atoms with Gasteiger partial charge in [-0.2, -0.15) is 0 Å². The average molecular weight is 327 g/mol. The molecule has 62 valence electrons. The summed E-state index contributed by atoms with van der Waals surface area (Å²) in [6.45, 7) is 0. The van der Waals surface area contributed by atoms with Gasteiger partial charge in [0.1, 0.15) is 0 Å². The third kappa shape index (κ3) is 1.41. The lowest BCUT2D eigenvalue weighted by molar-refractivity contribution is 1.45. The van der Waals surface area contributed by atoms with Gasteiger partial charge >= 0.3 is 0 Å². The first kappa shape index (κ1) is 8.94. The molecule has 0 spiro atoms. The van der Waals surface area contributed by atoms with Crippen molar-refractivity contribution >= 4 is 65.0 Å². The number of aromatic nitrogens is 1. The molecule has 2 rings (SSSR count). The molecule has 0 aliphatic carbocycles. The van der Waals surface area contributed by atoms with Crippen LogP contribution in [0.4, 0.5) is 0 Å². The van der Waals surface area contributed by atoms with E-state index in [9.17, 15) is 0 Å². The third-order valence-electron chi connectivity index (χ3n) is 1.42. The highest BCUT2D eigenvalue weighted by molar-refractivity contribution is 9.11. The zero-order valence-corrected chi connectivity index (χ0v) is 10.4. The molecule has 1 heterocycles. The van der Waals surface area contributed by atoms with Crippen LogP contribution in [-0.4, -0.2) is 4.98 Å². The number of fused-ring (bicyclic) bond motifs is 1. The first-order valence-electron chi connectivity index (χ1n) is 3.08. The summed E-state index contributed by atoms with van der Waals surface area (Å²) in [5, 5.41) is 0.721. The molecule has 0 aliphatic rings. The van der Waals surface area contributed by atoms with Gasteiger partial charge in [-0.15, -0.1) is 11.3 Å². The minimum Gasteiger partial charge on any atom is -0.229 e. The molecule has 0 amide bonds. The Morgan fingerprint density at radius 3 is 2.83 bits per heavy atom. The molecule has 0 saturated heterocycles. The molecule has 0 saturated carbocycles. The van der Waals surface area contributed by atoms with Gasteiger partial charge in [-0.1, -0.05) is 11.6 Å². The van der Waals surface area contributed by atoms with Gasteiger partial charge in [0.25, 0.3) is 0 Å². The molecular formula is C7H2Br2ClNS. The summed E-state index contributed by atoms with van der Waals surface area (Å²) < 4.78 is 2.87. The van der Waals surface area contributed by atoms with Crippen LogP contribution in [-0.2, 0) is 0 Å². The zero-order valence-electron chi connectivity index (χ0n) is 5.64. The highest BCUT2D eigenvalue weighted by atomic mass is 79.9. The Kier molecular flexibility index (Phi) is 2.42. The summed E-state index contributed by atoms with van der Waals surface area (Å²) >= 11 is 14.2. The zero-order chi connectivity index (χ0) is 8.72. The number of hydrogen-bond donors (Lipinski definition) is 0. The maximum atomic E-state index is 5.91. The Labute approximate surface area is 95.0 Å². The Bertz CT molecular complexity index is 440. The van der Waals surface area contributed by atoms with Gasteiger partial charge in [-0.25, -0.2) is 4.98 Å². The van der Waals surface area contributed by atoms with E-state index in [1.807, 2.05) is 12.1 Å². The Morgan fingerprint density at radius 2 is 2.08 bits per heavy atom. The first-order valence-corrected chi connectivity index (χ1v) is 5.86. The molecule has 0 radical (unpaired) electrons. The van der Waals surface area contributed by atoms with Gasteiger partial charge < -0.3 is 0 Å². The van der Waals surface area contributed by atoms with E-state index in [2.05, 4.69) is 36.8 Å². The molecule has 1 nitrogen and oxygen atoms in total. The topological polar surface area (TPSA) is 12.9 Å². The predicted octanol–water partition coefficient (Wildman–Crippen LogP) is 4.47. The second kappa shape index (κ2) is 3.25. The lowest BCUT2D eigenvalue weighted by atomic mass is 10.3. The summed E-state index contributed by atoms with van der Waals surface area (Å²) in [6, 6.07) is 3.74. The molecule has 0 bridgehead atoms. The Hall–Kier alpha value is 0.360. The number of benzene rings is 1. The fourth-order valence-corrected chi connectivity index (χ4v) is 3.11. The second-order valence-corrected chi connectivity index (χ2v) is 5.65. The van der Waals surface area contributed by atoms with Crippen molar-refractivity contribution in [1.29, 1.82) is 0 Å². The molecule has 0 aliphatic heterocycles. The number of thiazole rings is 1. The summed E-state index contributed by atoms with van der Waals surface area (Å²) in [7, 11) is 0. The molecule has 2 aromatic rings. The standard InChI is InChI=1S/C7H2Br2ClNS/c8-5-3(10)1-2-4-6(5)12-7(9)11-4/h1-2H. The van der Waals surface area contributed by atoms with Gasteiger partial charge in [0.15, 0.2) is 3.92 Å². The molecule has 0 atom stereocenters. The number of rotatable bonds is 0. The van der Waals surface area contributed by atoms with Crippen LogP contribution in [0.3, 0.4) is 0 Å². The molecule has 5 heteroatoms. The average Bonchev–Trinajstić information content (AvgIpc) is 2.39. The van der Waals surface area contributed by atoms with Crippen LogP contribution in [0, 0.1) is 0 Å². The third-order valence-corrected chi connectivity index (χ3v) is 4.59. The fourth-order valence-electron chi connectivity index (χ4n) is 0.909. The molecule has 1 aromatic heterocycles. The van der Waals surface area contributed by atoms with Gasteiger partial charge in [-0.05, 0) is 44.0 Å². The smallest absolute Gasteiger partial charge is 0.160 e. The Morgan fingerprint density at radius 1 is 1.33 bits per heavy atom. The van der Waals surface area contributed by atoms with Crippen molar-refractivity contribution in [2.24, 2.45) is 0 Å². The lowest BCUT2D eigenvalue weighted by Crippen LogP contribution is -1.70. The van der Waals surface area contributed by atoms with E-state index in [1.165, 1.54) is 0 Å². The van der Waals surface area contributed by atoms with E-state index < -0.39 is 0 Å². The van der Waals surface area contributed by atoms with Crippen LogP contribution in [0.2, 0.25) is 5.02 Å². The van der Waals surface area contributed by atoms with Crippen LogP contribution < -0.4 is 0 Å². The van der Waals surface area contributed by atoms with Crippen LogP contribution >= 0.6 is 54.8 Å². The largest absolute Gasteiger partial charge is 0.229 e. The van der Waals surface area contributed by atoms with Crippen LogP contribution in [0.15, 0.2) is 20.5 Å². The van der Waals surface area contributed by atoms with E-state index in [-0.39, 0.29) is 0 Å². The van der Waals surface area contributed by atoms with Crippen molar-refractivity contribution in [1.82, 2.24) is 4.98 Å². The van der Waals surface area contributed by atoms with E-state index in [1.54, 1.807) is 11.3 Å². The molecule has 0 unspecified atom stereocenters. The quantitative estimate of drug-likeness (QED) is 0.695. The number of nitrogens with zero attached hydrogens (tertiary/aromatic N) is 1. The van der Waals surface area contributed by atoms with E-state index >= 15 is 0 Å². The van der Waals surface area contributed by atoms with Crippen molar-refractivity contribution in [2.45, 2.75) is 0 Å². The summed E-state index contributed by atoms with van der Waals surface area (Å²) in [4.78, 5) is 4.26. The van der Waals surface area contributed by atoms with Gasteiger partial charge in [0, 0.05) is 0 Å². The fraction of sp³-hybridized carbons (Fsp3) is 0. The molecule has 1 aromatic carbocycles. The van der Waals surface area contributed by atoms with Gasteiger partial charge in [0.2, 0.25) is 0 Å². The molecule has 12 heavy (non-hydrogen) atoms. The summed E-state index contributed by atoms with van der Waals surface area (Å²) in [6.07, 6.45) is 0. The number of hydrogen-bond acceptors (Lipinski definition) is 2. The minimum absolute atomic E-state index is 0.721. The van der Waals surface area contributed by atoms with Crippen molar-refractivity contribution in [3.8, 4) is 0 Å². The molecule has 0 fully saturated rings. The molecular weight excluding hydrogens is 325 g/mol.